The van der Waals surface area contributed by atoms with E-state index in [0.717, 1.165) is 64.4 Å². The number of methoxy groups -OCH3 is 1. The lowest BCUT2D eigenvalue weighted by Crippen LogP contribution is -2.46. The molecule has 3 aromatic rings. The number of benzene rings is 2. The maximum absolute atomic E-state index is 5.94. The largest absolute Gasteiger partial charge is 0.497 e. The fraction of sp³-hybridized carbons (Fsp3) is 0.481. The van der Waals surface area contributed by atoms with Crippen molar-refractivity contribution in [3.63, 3.8) is 0 Å². The summed E-state index contributed by atoms with van der Waals surface area (Å²) in [7, 11) is 1.72. The number of aromatic nitrogens is 1. The van der Waals surface area contributed by atoms with Crippen LogP contribution in [0.1, 0.15) is 28.8 Å². The zero-order valence-electron chi connectivity index (χ0n) is 19.7. The molecule has 0 amide bonds. The predicted octanol–water partition coefficient (Wildman–Crippen LogP) is 5.26. The second-order valence-corrected chi connectivity index (χ2v) is 9.35. The number of ether oxygens (including phenoxy) is 1. The molecule has 4 nitrogen and oxygen atoms in total. The van der Waals surface area contributed by atoms with Gasteiger partial charge in [-0.1, -0.05) is 18.2 Å². The van der Waals surface area contributed by atoms with Crippen LogP contribution in [-0.2, 0) is 19.5 Å². The number of hydrogen-bond donors (Lipinski definition) is 0. The van der Waals surface area contributed by atoms with Crippen molar-refractivity contribution in [2.45, 2.75) is 39.8 Å². The highest BCUT2D eigenvalue weighted by molar-refractivity contribution is 6.17. The fourth-order valence-electron chi connectivity index (χ4n) is 4.81. The number of fused-ring (bicyclic) bond motifs is 1. The molecule has 4 rings (SSSR count). The Kier molecular flexibility index (Phi) is 7.77. The van der Waals surface area contributed by atoms with E-state index in [0.29, 0.717) is 5.88 Å². The van der Waals surface area contributed by atoms with Gasteiger partial charge in [0, 0.05) is 68.3 Å². The highest BCUT2D eigenvalue weighted by Gasteiger charge is 2.18. The molecule has 0 unspecified atom stereocenters. The summed E-state index contributed by atoms with van der Waals surface area (Å²) in [5.41, 5.74) is 6.91. The molecule has 0 saturated carbocycles. The van der Waals surface area contributed by atoms with Gasteiger partial charge >= 0.3 is 0 Å². The molecule has 0 N–H and O–H groups in total. The van der Waals surface area contributed by atoms with Crippen molar-refractivity contribution in [1.82, 2.24) is 14.4 Å². The molecular weight excluding hydrogens is 418 g/mol. The summed E-state index contributed by atoms with van der Waals surface area (Å²) in [6.45, 7) is 12.2. The first-order chi connectivity index (χ1) is 15.6. The maximum atomic E-state index is 5.94. The van der Waals surface area contributed by atoms with Crippen LogP contribution in [0.5, 0.6) is 5.75 Å². The Bertz CT molecular complexity index is 1020. The molecule has 0 atom stereocenters. The lowest BCUT2D eigenvalue weighted by Gasteiger charge is -2.34. The molecular formula is C27H36ClN3O. The number of alkyl halides is 1. The third kappa shape index (κ3) is 5.31. The van der Waals surface area contributed by atoms with Crippen molar-refractivity contribution in [2.24, 2.45) is 0 Å². The fourth-order valence-corrected chi connectivity index (χ4v) is 4.93. The van der Waals surface area contributed by atoms with Gasteiger partial charge in [0.15, 0.2) is 0 Å². The molecule has 0 spiro atoms. The maximum Gasteiger partial charge on any atom is 0.118 e. The molecule has 2 heterocycles. The third-order valence-electron chi connectivity index (χ3n) is 6.97. The Morgan fingerprint density at radius 3 is 2.25 bits per heavy atom. The standard InChI is InChI=1S/C27H36ClN3O/c1-21-22(2)31(13-4-12-28)27-10-7-24(19-26(21)27)20-30-17-15-29(16-18-30)14-11-23-5-8-25(32-3)9-6-23/h5-10,19H,4,11-18,20H2,1-3H3. The molecule has 1 saturated heterocycles. The van der Waals surface area contributed by atoms with E-state index < -0.39 is 0 Å². The minimum atomic E-state index is 0.711. The van der Waals surface area contributed by atoms with Gasteiger partial charge in [-0.05, 0) is 67.6 Å². The van der Waals surface area contributed by atoms with E-state index >= 15 is 0 Å². The van der Waals surface area contributed by atoms with Crippen molar-refractivity contribution < 1.29 is 4.74 Å². The minimum absolute atomic E-state index is 0.711. The summed E-state index contributed by atoms with van der Waals surface area (Å²) < 4.78 is 7.68. The van der Waals surface area contributed by atoms with Gasteiger partial charge in [0.1, 0.15) is 5.75 Å². The first kappa shape index (κ1) is 23.2. The molecule has 1 fully saturated rings. The summed E-state index contributed by atoms with van der Waals surface area (Å²) in [5, 5.41) is 1.40. The van der Waals surface area contributed by atoms with Gasteiger partial charge in [-0.15, -0.1) is 11.6 Å². The number of piperazine rings is 1. The predicted molar refractivity (Wildman–Crippen MR) is 135 cm³/mol. The van der Waals surface area contributed by atoms with Gasteiger partial charge in [-0.25, -0.2) is 0 Å². The Hall–Kier alpha value is -2.01. The van der Waals surface area contributed by atoms with Crippen LogP contribution in [-0.4, -0.2) is 60.1 Å². The zero-order chi connectivity index (χ0) is 22.5. The van der Waals surface area contributed by atoms with E-state index in [2.05, 4.69) is 70.7 Å². The molecule has 1 aliphatic rings. The zero-order valence-corrected chi connectivity index (χ0v) is 20.5. The average molecular weight is 454 g/mol. The monoisotopic (exact) mass is 453 g/mol. The topological polar surface area (TPSA) is 20.6 Å². The van der Waals surface area contributed by atoms with Crippen LogP contribution in [0.25, 0.3) is 10.9 Å². The lowest BCUT2D eigenvalue weighted by molar-refractivity contribution is 0.128. The summed E-state index contributed by atoms with van der Waals surface area (Å²) in [6, 6.07) is 15.5. The molecule has 0 aliphatic carbocycles. The van der Waals surface area contributed by atoms with Crippen molar-refractivity contribution in [1.29, 1.82) is 0 Å². The molecule has 5 heteroatoms. The second kappa shape index (κ2) is 10.7. The Labute approximate surface area is 197 Å². The number of aryl methyl sites for hydroxylation is 2. The van der Waals surface area contributed by atoms with Gasteiger partial charge in [-0.2, -0.15) is 0 Å². The molecule has 0 radical (unpaired) electrons. The first-order valence-corrected chi connectivity index (χ1v) is 12.3. The van der Waals surface area contributed by atoms with E-state index in [4.69, 9.17) is 16.3 Å². The van der Waals surface area contributed by atoms with Crippen molar-refractivity contribution >= 4 is 22.5 Å². The molecule has 32 heavy (non-hydrogen) atoms. The molecule has 1 aromatic heterocycles. The van der Waals surface area contributed by atoms with Gasteiger partial charge in [-0.3, -0.25) is 4.90 Å². The summed E-state index contributed by atoms with van der Waals surface area (Å²) >= 11 is 5.94. The van der Waals surface area contributed by atoms with E-state index in [1.807, 2.05) is 0 Å². The molecule has 2 aromatic carbocycles. The van der Waals surface area contributed by atoms with E-state index in [1.165, 1.54) is 33.3 Å². The van der Waals surface area contributed by atoms with Gasteiger partial charge in [0.2, 0.25) is 0 Å². The quantitative estimate of drug-likeness (QED) is 0.412. The third-order valence-corrected chi connectivity index (χ3v) is 7.23. The molecule has 172 valence electrons. The Morgan fingerprint density at radius 1 is 0.875 bits per heavy atom. The highest BCUT2D eigenvalue weighted by Crippen LogP contribution is 2.27. The van der Waals surface area contributed by atoms with E-state index in [1.54, 1.807) is 7.11 Å². The van der Waals surface area contributed by atoms with Gasteiger partial charge in [0.05, 0.1) is 7.11 Å². The smallest absolute Gasteiger partial charge is 0.118 e. The van der Waals surface area contributed by atoms with Crippen molar-refractivity contribution in [2.75, 3.05) is 45.7 Å². The van der Waals surface area contributed by atoms with Crippen molar-refractivity contribution in [3.05, 3.63) is 64.8 Å². The Balaban J connectivity index is 1.31. The number of rotatable bonds is 9. The second-order valence-electron chi connectivity index (χ2n) is 8.97. The van der Waals surface area contributed by atoms with Gasteiger partial charge < -0.3 is 14.2 Å². The average Bonchev–Trinajstić information content (AvgIpc) is 3.06. The summed E-state index contributed by atoms with van der Waals surface area (Å²) in [5.74, 6) is 1.64. The van der Waals surface area contributed by atoms with E-state index in [-0.39, 0.29) is 0 Å². The van der Waals surface area contributed by atoms with Crippen LogP contribution in [0, 0.1) is 13.8 Å². The van der Waals surface area contributed by atoms with Crippen LogP contribution in [0.2, 0.25) is 0 Å². The van der Waals surface area contributed by atoms with Crippen LogP contribution < -0.4 is 4.74 Å². The van der Waals surface area contributed by atoms with Crippen LogP contribution >= 0.6 is 11.6 Å². The Morgan fingerprint density at radius 2 is 1.56 bits per heavy atom. The highest BCUT2D eigenvalue weighted by atomic mass is 35.5. The van der Waals surface area contributed by atoms with E-state index in [9.17, 15) is 0 Å². The van der Waals surface area contributed by atoms with Gasteiger partial charge in [0.25, 0.3) is 0 Å². The summed E-state index contributed by atoms with van der Waals surface area (Å²) in [6.07, 6.45) is 2.11. The number of halogens is 1. The number of hydrogen-bond acceptors (Lipinski definition) is 3. The first-order valence-electron chi connectivity index (χ1n) is 11.8. The molecule has 1 aliphatic heterocycles. The van der Waals surface area contributed by atoms with Crippen LogP contribution in [0.3, 0.4) is 0 Å². The number of nitrogens with zero attached hydrogens (tertiary/aromatic N) is 3. The molecule has 0 bridgehead atoms. The summed E-state index contributed by atoms with van der Waals surface area (Å²) in [4.78, 5) is 5.19. The van der Waals surface area contributed by atoms with Crippen LogP contribution in [0.4, 0.5) is 0 Å². The normalized spacial score (nSPS) is 15.5. The van der Waals surface area contributed by atoms with Crippen molar-refractivity contribution in [3.8, 4) is 5.75 Å². The minimum Gasteiger partial charge on any atom is -0.497 e. The lowest BCUT2D eigenvalue weighted by atomic mass is 10.1. The SMILES string of the molecule is COc1ccc(CCN2CCN(Cc3ccc4c(c3)c(C)c(C)n4CCCCl)CC2)cc1. The van der Waals surface area contributed by atoms with Crippen LogP contribution in [0.15, 0.2) is 42.5 Å².